The van der Waals surface area contributed by atoms with Crippen LogP contribution in [0.2, 0.25) is 0 Å². The minimum Gasteiger partial charge on any atom is -0.361 e. The number of likely N-dealkylation sites (tertiary alicyclic amines) is 1. The van der Waals surface area contributed by atoms with Crippen LogP contribution in [-0.4, -0.2) is 42.0 Å². The van der Waals surface area contributed by atoms with Crippen LogP contribution in [0.4, 0.5) is 0 Å². The van der Waals surface area contributed by atoms with Gasteiger partial charge in [0.05, 0.1) is 5.41 Å². The summed E-state index contributed by atoms with van der Waals surface area (Å²) in [6.45, 7) is 0.878. The van der Waals surface area contributed by atoms with Gasteiger partial charge in [0.15, 0.2) is 0 Å². The zero-order valence-corrected chi connectivity index (χ0v) is 16.3. The highest BCUT2D eigenvalue weighted by Gasteiger charge is 2.46. The van der Waals surface area contributed by atoms with Crippen molar-refractivity contribution in [3.05, 3.63) is 78.1 Å². The van der Waals surface area contributed by atoms with Gasteiger partial charge in [-0.25, -0.2) is 0 Å². The Morgan fingerprint density at radius 3 is 2.48 bits per heavy atom. The number of carbonyl (C=O) groups excluding carboxylic acids is 2. The topological polar surface area (TPSA) is 75.4 Å². The van der Waals surface area contributed by atoms with Crippen LogP contribution in [0.15, 0.2) is 71.3 Å². The van der Waals surface area contributed by atoms with E-state index in [1.165, 1.54) is 0 Å². The van der Waals surface area contributed by atoms with Gasteiger partial charge in [0, 0.05) is 43.8 Å². The molecule has 2 amide bonds. The van der Waals surface area contributed by atoms with E-state index >= 15 is 0 Å². The lowest BCUT2D eigenvalue weighted by atomic mass is 9.81. The summed E-state index contributed by atoms with van der Waals surface area (Å²) in [6, 6.07) is 20.8. The highest BCUT2D eigenvalue weighted by Crippen LogP contribution is 2.36. The molecule has 0 radical (unpaired) electrons. The van der Waals surface area contributed by atoms with Gasteiger partial charge >= 0.3 is 0 Å². The molecule has 0 aliphatic carbocycles. The van der Waals surface area contributed by atoms with Crippen LogP contribution in [0.1, 0.15) is 22.5 Å². The van der Waals surface area contributed by atoms with Gasteiger partial charge < -0.3 is 14.7 Å². The van der Waals surface area contributed by atoms with Gasteiger partial charge in [-0.3, -0.25) is 9.59 Å². The predicted molar refractivity (Wildman–Crippen MR) is 109 cm³/mol. The molecular weight excluding hydrogens is 366 g/mol. The summed E-state index contributed by atoms with van der Waals surface area (Å²) in [5, 5.41) is 6.93. The number of benzene rings is 2. The number of nitrogens with zero attached hydrogens (tertiary/aromatic N) is 2. The monoisotopic (exact) mass is 389 g/mol. The Labute approximate surface area is 169 Å². The van der Waals surface area contributed by atoms with Crippen molar-refractivity contribution in [2.45, 2.75) is 12.8 Å². The second kappa shape index (κ2) is 7.91. The van der Waals surface area contributed by atoms with E-state index in [-0.39, 0.29) is 11.8 Å². The van der Waals surface area contributed by atoms with Crippen molar-refractivity contribution in [3.63, 3.8) is 0 Å². The van der Waals surface area contributed by atoms with E-state index in [9.17, 15) is 9.59 Å². The smallest absolute Gasteiger partial charge is 0.253 e. The minimum absolute atomic E-state index is 0.0566. The first-order valence-corrected chi connectivity index (χ1v) is 9.69. The van der Waals surface area contributed by atoms with Gasteiger partial charge in [-0.2, -0.15) is 0 Å². The Kier molecular flexibility index (Phi) is 5.16. The lowest BCUT2D eigenvalue weighted by molar-refractivity contribution is -0.130. The number of aromatic nitrogens is 1. The summed E-state index contributed by atoms with van der Waals surface area (Å²) in [7, 11) is 1.63. The Morgan fingerprint density at radius 2 is 1.79 bits per heavy atom. The number of hydrogen-bond acceptors (Lipinski definition) is 4. The van der Waals surface area contributed by atoms with Crippen molar-refractivity contribution >= 4 is 11.8 Å². The first kappa shape index (κ1) is 18.9. The predicted octanol–water partition coefficient (Wildman–Crippen LogP) is 3.16. The van der Waals surface area contributed by atoms with E-state index < -0.39 is 5.41 Å². The molecular formula is C23H23N3O3. The average molecular weight is 389 g/mol. The van der Waals surface area contributed by atoms with E-state index in [1.54, 1.807) is 24.1 Å². The fourth-order valence-electron chi connectivity index (χ4n) is 3.96. The molecule has 0 unspecified atom stereocenters. The first-order valence-electron chi connectivity index (χ1n) is 9.69. The molecule has 2 heterocycles. The van der Waals surface area contributed by atoms with E-state index in [2.05, 4.69) is 10.5 Å². The van der Waals surface area contributed by atoms with Gasteiger partial charge in [-0.1, -0.05) is 53.7 Å². The van der Waals surface area contributed by atoms with Crippen LogP contribution in [0.3, 0.4) is 0 Å². The van der Waals surface area contributed by atoms with Crippen molar-refractivity contribution in [3.8, 4) is 11.3 Å². The molecule has 1 saturated heterocycles. The summed E-state index contributed by atoms with van der Waals surface area (Å²) in [6.07, 6.45) is 0.970. The third-order valence-electron chi connectivity index (χ3n) is 5.51. The highest BCUT2D eigenvalue weighted by molar-refractivity contribution is 5.95. The summed E-state index contributed by atoms with van der Waals surface area (Å²) < 4.78 is 5.55. The number of hydrogen-bond donors (Lipinski definition) is 1. The molecule has 1 fully saturated rings. The number of amides is 2. The van der Waals surface area contributed by atoms with Crippen LogP contribution in [0, 0.1) is 5.41 Å². The van der Waals surface area contributed by atoms with E-state index in [0.717, 1.165) is 11.3 Å². The zero-order chi connectivity index (χ0) is 20.3. The SMILES string of the molecule is CNC(=O)[C@]1(Cc2cc(-c3ccccc3)no2)CCN(C(=O)c2ccccc2)C1. The summed E-state index contributed by atoms with van der Waals surface area (Å²) >= 11 is 0. The van der Waals surface area contributed by atoms with Gasteiger partial charge in [0.2, 0.25) is 5.91 Å². The van der Waals surface area contributed by atoms with E-state index in [1.807, 2.05) is 54.6 Å². The number of nitrogens with one attached hydrogen (secondary N) is 1. The summed E-state index contributed by atoms with van der Waals surface area (Å²) in [5.41, 5.74) is 1.60. The molecule has 0 bridgehead atoms. The maximum Gasteiger partial charge on any atom is 0.253 e. The van der Waals surface area contributed by atoms with Crippen molar-refractivity contribution in [2.75, 3.05) is 20.1 Å². The fraction of sp³-hybridized carbons (Fsp3) is 0.261. The maximum atomic E-state index is 12.8. The summed E-state index contributed by atoms with van der Waals surface area (Å²) in [5.74, 6) is 0.499. The molecule has 2 aromatic carbocycles. The van der Waals surface area contributed by atoms with Crippen LogP contribution >= 0.6 is 0 Å². The van der Waals surface area contributed by atoms with Crippen LogP contribution in [-0.2, 0) is 11.2 Å². The largest absolute Gasteiger partial charge is 0.361 e. The van der Waals surface area contributed by atoms with Crippen LogP contribution < -0.4 is 5.32 Å². The van der Waals surface area contributed by atoms with Gasteiger partial charge in [-0.15, -0.1) is 0 Å². The van der Waals surface area contributed by atoms with Crippen LogP contribution in [0.25, 0.3) is 11.3 Å². The van der Waals surface area contributed by atoms with Crippen molar-refractivity contribution in [1.29, 1.82) is 0 Å². The van der Waals surface area contributed by atoms with Gasteiger partial charge in [0.1, 0.15) is 11.5 Å². The van der Waals surface area contributed by atoms with E-state index in [4.69, 9.17) is 4.52 Å². The molecule has 1 atom stereocenters. The number of rotatable bonds is 5. The Bertz CT molecular complexity index is 1000. The minimum atomic E-state index is -0.729. The molecule has 4 rings (SSSR count). The van der Waals surface area contributed by atoms with E-state index in [0.29, 0.717) is 37.3 Å². The second-order valence-corrected chi connectivity index (χ2v) is 7.42. The molecule has 3 aromatic rings. The Balaban J connectivity index is 1.55. The third-order valence-corrected chi connectivity index (χ3v) is 5.51. The number of carbonyl (C=O) groups is 2. The van der Waals surface area contributed by atoms with Gasteiger partial charge in [0.25, 0.3) is 5.91 Å². The molecule has 29 heavy (non-hydrogen) atoms. The fourth-order valence-corrected chi connectivity index (χ4v) is 3.96. The van der Waals surface area contributed by atoms with Crippen molar-refractivity contribution in [2.24, 2.45) is 5.41 Å². The molecule has 1 aromatic heterocycles. The molecule has 0 saturated carbocycles. The highest BCUT2D eigenvalue weighted by atomic mass is 16.5. The molecule has 1 N–H and O–H groups in total. The lowest BCUT2D eigenvalue weighted by Crippen LogP contribution is -2.44. The quantitative estimate of drug-likeness (QED) is 0.727. The molecule has 148 valence electrons. The van der Waals surface area contributed by atoms with Crippen molar-refractivity contribution < 1.29 is 14.1 Å². The molecule has 1 aliphatic heterocycles. The second-order valence-electron chi connectivity index (χ2n) is 7.42. The molecule has 6 nitrogen and oxygen atoms in total. The standard InChI is InChI=1S/C23H23N3O3/c1-24-22(28)23(12-13-26(16-23)21(27)18-10-6-3-7-11-18)15-19-14-20(25-29-19)17-8-4-2-5-9-17/h2-11,14H,12-13,15-16H2,1H3,(H,24,28)/t23-/m0/s1. The molecule has 1 aliphatic rings. The molecule has 0 spiro atoms. The maximum absolute atomic E-state index is 12.8. The van der Waals surface area contributed by atoms with Crippen molar-refractivity contribution in [1.82, 2.24) is 15.4 Å². The third kappa shape index (κ3) is 3.78. The van der Waals surface area contributed by atoms with Gasteiger partial charge in [-0.05, 0) is 18.6 Å². The zero-order valence-electron chi connectivity index (χ0n) is 16.3. The normalized spacial score (nSPS) is 18.6. The average Bonchev–Trinajstić information content (AvgIpc) is 3.42. The first-order chi connectivity index (χ1) is 14.1. The Morgan fingerprint density at radius 1 is 1.10 bits per heavy atom. The van der Waals surface area contributed by atoms with Crippen LogP contribution in [0.5, 0.6) is 0 Å². The molecule has 6 heteroatoms. The lowest BCUT2D eigenvalue weighted by Gasteiger charge is -2.26. The summed E-state index contributed by atoms with van der Waals surface area (Å²) in [4.78, 5) is 27.4. The Hall–Kier alpha value is -3.41.